The van der Waals surface area contributed by atoms with E-state index < -0.39 is 11.7 Å². The van der Waals surface area contributed by atoms with Crippen LogP contribution in [0.3, 0.4) is 0 Å². The van der Waals surface area contributed by atoms with Crippen LogP contribution in [0, 0.1) is 6.92 Å². The van der Waals surface area contributed by atoms with Crippen LogP contribution in [-0.2, 0) is 11.3 Å². The Hall–Kier alpha value is -3.06. The summed E-state index contributed by atoms with van der Waals surface area (Å²) in [7, 11) is 0. The fourth-order valence-corrected chi connectivity index (χ4v) is 3.59. The van der Waals surface area contributed by atoms with Crippen molar-refractivity contribution in [1.82, 2.24) is 10.2 Å². The molecule has 2 heterocycles. The van der Waals surface area contributed by atoms with E-state index in [4.69, 9.17) is 4.42 Å². The summed E-state index contributed by atoms with van der Waals surface area (Å²) < 4.78 is 6.36. The second-order valence-electron chi connectivity index (χ2n) is 6.12. The number of halogens is 1. The average molecular weight is 424 g/mol. The molecule has 1 aromatic heterocycles. The highest BCUT2D eigenvalue weighted by Crippen LogP contribution is 2.35. The van der Waals surface area contributed by atoms with Gasteiger partial charge in [-0.2, -0.15) is 0 Å². The van der Waals surface area contributed by atoms with Crippen molar-refractivity contribution in [1.29, 1.82) is 0 Å². The summed E-state index contributed by atoms with van der Waals surface area (Å²) in [6, 6.07) is 13.2. The van der Waals surface area contributed by atoms with Crippen molar-refractivity contribution in [3.63, 3.8) is 0 Å². The predicted octanol–water partition coefficient (Wildman–Crippen LogP) is 4.04. The zero-order chi connectivity index (χ0) is 19.0. The van der Waals surface area contributed by atoms with Gasteiger partial charge in [0.1, 0.15) is 6.54 Å². The number of rotatable bonds is 4. The summed E-state index contributed by atoms with van der Waals surface area (Å²) in [6.45, 7) is 1.90. The quantitative estimate of drug-likeness (QED) is 0.591. The van der Waals surface area contributed by atoms with E-state index in [9.17, 15) is 9.59 Å². The maximum Gasteiger partial charge on any atom is 0.299 e. The van der Waals surface area contributed by atoms with Gasteiger partial charge >= 0.3 is 0 Å². The number of hydrogen-bond acceptors (Lipinski definition) is 5. The topological polar surface area (TPSA) is 76.3 Å². The Kier molecular flexibility index (Phi) is 4.45. The summed E-state index contributed by atoms with van der Waals surface area (Å²) in [6.07, 6.45) is 3.57. The van der Waals surface area contributed by atoms with Gasteiger partial charge in [-0.1, -0.05) is 46.3 Å². The number of ketones is 1. The number of anilines is 1. The molecule has 6 nitrogen and oxygen atoms in total. The molecule has 7 heteroatoms. The first-order valence-corrected chi connectivity index (χ1v) is 9.04. The number of Topliss-reactive ketones (excluding diaryl/α,β-unsaturated/α-hetero) is 1. The van der Waals surface area contributed by atoms with Gasteiger partial charge in [-0.05, 0) is 36.3 Å². The molecule has 1 aliphatic rings. The van der Waals surface area contributed by atoms with E-state index in [1.54, 1.807) is 12.1 Å². The van der Waals surface area contributed by atoms with Crippen molar-refractivity contribution in [2.75, 3.05) is 4.90 Å². The standard InChI is InChI=1S/C20H14BrN3O3/c1-12-9-14(21)10-15-18(12)24(20(26)19(15)25)11-17-23-22-16(27-17)8-7-13-5-3-2-4-6-13/h2-10H,11H2,1H3/b8-7+. The van der Waals surface area contributed by atoms with Gasteiger partial charge in [-0.15, -0.1) is 10.2 Å². The van der Waals surface area contributed by atoms with Crippen molar-refractivity contribution < 1.29 is 14.0 Å². The SMILES string of the molecule is Cc1cc(Br)cc2c1N(Cc1nnc(/C=C/c3ccccc3)o1)C(=O)C2=O. The maximum atomic E-state index is 12.4. The van der Waals surface area contributed by atoms with Crippen molar-refractivity contribution >= 4 is 45.5 Å². The third-order valence-electron chi connectivity index (χ3n) is 4.21. The molecule has 0 unspecified atom stereocenters. The van der Waals surface area contributed by atoms with Crippen LogP contribution in [-0.4, -0.2) is 21.9 Å². The van der Waals surface area contributed by atoms with Crippen LogP contribution in [0.15, 0.2) is 51.4 Å². The molecule has 1 aliphatic heterocycles. The Bertz CT molecular complexity index is 1070. The maximum absolute atomic E-state index is 12.4. The first-order chi connectivity index (χ1) is 13.0. The number of carbonyl (C=O) groups excluding carboxylic acids is 2. The molecular weight excluding hydrogens is 410 g/mol. The van der Waals surface area contributed by atoms with Crippen molar-refractivity contribution in [3.05, 3.63) is 75.4 Å². The fourth-order valence-electron chi connectivity index (χ4n) is 3.02. The number of fused-ring (bicyclic) bond motifs is 1. The zero-order valence-electron chi connectivity index (χ0n) is 14.3. The van der Waals surface area contributed by atoms with Crippen LogP contribution < -0.4 is 4.90 Å². The number of amides is 1. The summed E-state index contributed by atoms with van der Waals surface area (Å²) in [5, 5.41) is 7.97. The van der Waals surface area contributed by atoms with Gasteiger partial charge in [0.25, 0.3) is 11.7 Å². The number of carbonyl (C=O) groups is 2. The molecule has 0 bridgehead atoms. The number of benzene rings is 2. The lowest BCUT2D eigenvalue weighted by Crippen LogP contribution is -2.29. The Morgan fingerprint density at radius 2 is 1.89 bits per heavy atom. The van der Waals surface area contributed by atoms with Gasteiger partial charge < -0.3 is 4.42 Å². The van der Waals surface area contributed by atoms with Crippen molar-refractivity contribution in [2.45, 2.75) is 13.5 Å². The lowest BCUT2D eigenvalue weighted by atomic mass is 10.1. The van der Waals surface area contributed by atoms with Crippen LogP contribution in [0.25, 0.3) is 12.2 Å². The van der Waals surface area contributed by atoms with Gasteiger partial charge in [0.15, 0.2) is 0 Å². The fraction of sp³-hybridized carbons (Fsp3) is 0.100. The van der Waals surface area contributed by atoms with E-state index in [-0.39, 0.29) is 12.4 Å². The van der Waals surface area contributed by atoms with Crippen LogP contribution in [0.1, 0.15) is 33.3 Å². The Morgan fingerprint density at radius 3 is 2.67 bits per heavy atom. The smallest absolute Gasteiger partial charge is 0.299 e. The third-order valence-corrected chi connectivity index (χ3v) is 4.67. The number of aryl methyl sites for hydroxylation is 1. The van der Waals surface area contributed by atoms with E-state index in [1.807, 2.05) is 49.4 Å². The van der Waals surface area contributed by atoms with E-state index in [1.165, 1.54) is 4.90 Å². The highest BCUT2D eigenvalue weighted by molar-refractivity contribution is 9.10. The van der Waals surface area contributed by atoms with Crippen molar-refractivity contribution in [2.24, 2.45) is 0 Å². The normalized spacial score (nSPS) is 13.6. The van der Waals surface area contributed by atoms with E-state index in [2.05, 4.69) is 26.1 Å². The monoisotopic (exact) mass is 423 g/mol. The van der Waals surface area contributed by atoms with Gasteiger partial charge in [0.05, 0.1) is 11.3 Å². The molecule has 4 rings (SSSR count). The zero-order valence-corrected chi connectivity index (χ0v) is 15.9. The minimum atomic E-state index is -0.592. The van der Waals surface area contributed by atoms with Gasteiger partial charge in [-0.25, -0.2) is 0 Å². The summed E-state index contributed by atoms with van der Waals surface area (Å²) in [4.78, 5) is 26.1. The van der Waals surface area contributed by atoms with Crippen molar-refractivity contribution in [3.8, 4) is 0 Å². The number of nitrogens with zero attached hydrogens (tertiary/aromatic N) is 3. The lowest BCUT2D eigenvalue weighted by Gasteiger charge is -2.16. The van der Waals surface area contributed by atoms with Gasteiger partial charge in [-0.3, -0.25) is 14.5 Å². The molecule has 0 fully saturated rings. The Labute approximate surface area is 163 Å². The molecule has 0 saturated carbocycles. The lowest BCUT2D eigenvalue weighted by molar-refractivity contribution is -0.114. The molecular formula is C20H14BrN3O3. The summed E-state index contributed by atoms with van der Waals surface area (Å²) in [5.41, 5.74) is 2.80. The predicted molar refractivity (Wildman–Crippen MR) is 104 cm³/mol. The molecule has 3 aromatic rings. The number of hydrogen-bond donors (Lipinski definition) is 0. The third kappa shape index (κ3) is 3.33. The van der Waals surface area contributed by atoms with Gasteiger partial charge in [0, 0.05) is 10.5 Å². The molecule has 0 spiro atoms. The molecule has 134 valence electrons. The molecule has 0 N–H and O–H groups in total. The van der Waals surface area contributed by atoms with Crippen LogP contribution in [0.4, 0.5) is 5.69 Å². The molecule has 0 atom stereocenters. The Morgan fingerprint density at radius 1 is 1.11 bits per heavy atom. The Balaban J connectivity index is 1.58. The highest BCUT2D eigenvalue weighted by atomic mass is 79.9. The summed E-state index contributed by atoms with van der Waals surface area (Å²) in [5.74, 6) is -0.525. The first kappa shape index (κ1) is 17.4. The van der Waals surface area contributed by atoms with Crippen LogP contribution in [0.2, 0.25) is 0 Å². The largest absolute Gasteiger partial charge is 0.419 e. The second kappa shape index (κ2) is 6.92. The van der Waals surface area contributed by atoms with E-state index >= 15 is 0 Å². The van der Waals surface area contributed by atoms with Crippen LogP contribution >= 0.6 is 15.9 Å². The second-order valence-corrected chi connectivity index (χ2v) is 7.03. The molecule has 2 aromatic carbocycles. The number of aromatic nitrogens is 2. The molecule has 0 aliphatic carbocycles. The first-order valence-electron chi connectivity index (χ1n) is 8.25. The van der Waals surface area contributed by atoms with E-state index in [0.717, 1.165) is 15.6 Å². The highest BCUT2D eigenvalue weighted by Gasteiger charge is 2.38. The minimum absolute atomic E-state index is 0.0478. The van der Waals surface area contributed by atoms with Gasteiger partial charge in [0.2, 0.25) is 11.8 Å². The molecule has 0 radical (unpaired) electrons. The molecule has 0 saturated heterocycles. The summed E-state index contributed by atoms with van der Waals surface area (Å²) >= 11 is 3.36. The average Bonchev–Trinajstić information content (AvgIpc) is 3.20. The van der Waals surface area contributed by atoms with E-state index in [0.29, 0.717) is 17.1 Å². The molecule has 1 amide bonds. The molecule has 27 heavy (non-hydrogen) atoms. The minimum Gasteiger partial charge on any atom is -0.419 e. The van der Waals surface area contributed by atoms with Crippen LogP contribution in [0.5, 0.6) is 0 Å².